The molecule has 0 spiro atoms. The highest BCUT2D eigenvalue weighted by Crippen LogP contribution is 2.22. The normalized spacial score (nSPS) is 17.5. The van der Waals surface area contributed by atoms with Crippen LogP contribution >= 0.6 is 0 Å². The maximum Gasteiger partial charge on any atom is 0.180 e. The summed E-state index contributed by atoms with van der Waals surface area (Å²) < 4.78 is 24.2. The van der Waals surface area contributed by atoms with E-state index in [0.717, 1.165) is 31.1 Å². The minimum atomic E-state index is -3.17. The number of sulfone groups is 1. The summed E-state index contributed by atoms with van der Waals surface area (Å²) in [6.07, 6.45) is 3.63. The van der Waals surface area contributed by atoms with E-state index in [9.17, 15) is 8.42 Å². The van der Waals surface area contributed by atoms with Gasteiger partial charge in [-0.2, -0.15) is 0 Å². The number of nitrogens with zero attached hydrogens (tertiary/aromatic N) is 1. The predicted octanol–water partition coefficient (Wildman–Crippen LogP) is 3.01. The van der Waals surface area contributed by atoms with Gasteiger partial charge in [-0.05, 0) is 56.9 Å². The Morgan fingerprint density at radius 3 is 2.59 bits per heavy atom. The lowest BCUT2D eigenvalue weighted by Gasteiger charge is -2.30. The van der Waals surface area contributed by atoms with Gasteiger partial charge < -0.3 is 10.2 Å². The maximum atomic E-state index is 12.1. The second kappa shape index (κ2) is 7.97. The second-order valence-electron chi connectivity index (χ2n) is 6.20. The molecule has 1 fully saturated rings. The lowest BCUT2D eigenvalue weighted by atomic mass is 9.99. The molecule has 0 aliphatic carbocycles. The third-order valence-corrected chi connectivity index (χ3v) is 6.23. The van der Waals surface area contributed by atoms with Gasteiger partial charge in [0.1, 0.15) is 0 Å². The third-order valence-electron chi connectivity index (χ3n) is 4.44. The monoisotopic (exact) mass is 324 g/mol. The Hall–Kier alpha value is -1.07. The molecule has 1 aliphatic heterocycles. The molecule has 5 heteroatoms. The number of para-hydroxylation sites is 1. The Kier molecular flexibility index (Phi) is 6.26. The van der Waals surface area contributed by atoms with Crippen molar-refractivity contribution >= 4 is 15.5 Å². The standard InChI is InChI=1S/C17H28N2O2S/c1-3-22(20,21)17-8-5-4-7-16(17)18-11-6-12-19-13-9-15(2)10-14-19/h4-5,7-8,15,18H,3,6,9-14H2,1-2H3. The van der Waals surface area contributed by atoms with Crippen LogP contribution in [0.15, 0.2) is 29.2 Å². The van der Waals surface area contributed by atoms with Gasteiger partial charge in [0.25, 0.3) is 0 Å². The van der Waals surface area contributed by atoms with Gasteiger partial charge in [0.05, 0.1) is 16.3 Å². The number of hydrogen-bond acceptors (Lipinski definition) is 4. The topological polar surface area (TPSA) is 49.4 Å². The third kappa shape index (κ3) is 4.71. The van der Waals surface area contributed by atoms with Crippen LogP contribution in [0.4, 0.5) is 5.69 Å². The van der Waals surface area contributed by atoms with Gasteiger partial charge in [0.2, 0.25) is 0 Å². The Bertz CT molecular complexity index is 564. The van der Waals surface area contributed by atoms with Crippen LogP contribution in [0.1, 0.15) is 33.1 Å². The largest absolute Gasteiger partial charge is 0.384 e. The number of nitrogens with one attached hydrogen (secondary N) is 1. The number of anilines is 1. The molecular weight excluding hydrogens is 296 g/mol. The summed E-state index contributed by atoms with van der Waals surface area (Å²) in [6.45, 7) is 8.29. The molecule has 1 heterocycles. The summed E-state index contributed by atoms with van der Waals surface area (Å²) in [6, 6.07) is 7.20. The van der Waals surface area contributed by atoms with E-state index in [1.165, 1.54) is 25.9 Å². The maximum absolute atomic E-state index is 12.1. The highest BCUT2D eigenvalue weighted by atomic mass is 32.2. The van der Waals surface area contributed by atoms with Crippen LogP contribution in [-0.2, 0) is 9.84 Å². The van der Waals surface area contributed by atoms with Crippen molar-refractivity contribution in [3.8, 4) is 0 Å². The van der Waals surface area contributed by atoms with Gasteiger partial charge in [-0.1, -0.05) is 26.0 Å². The van der Waals surface area contributed by atoms with Gasteiger partial charge in [-0.15, -0.1) is 0 Å². The van der Waals surface area contributed by atoms with Crippen molar-refractivity contribution in [2.45, 2.75) is 38.0 Å². The fourth-order valence-corrected chi connectivity index (χ4v) is 3.92. The SMILES string of the molecule is CCS(=O)(=O)c1ccccc1NCCCN1CCC(C)CC1. The Labute approximate surface area is 134 Å². The van der Waals surface area contributed by atoms with Gasteiger partial charge >= 0.3 is 0 Å². The van der Waals surface area contributed by atoms with Crippen molar-refractivity contribution in [2.24, 2.45) is 5.92 Å². The zero-order chi connectivity index (χ0) is 16.0. The van der Waals surface area contributed by atoms with Crippen LogP contribution in [0.3, 0.4) is 0 Å². The second-order valence-corrected chi connectivity index (χ2v) is 8.45. The minimum absolute atomic E-state index is 0.137. The van der Waals surface area contributed by atoms with Crippen molar-refractivity contribution in [1.82, 2.24) is 4.90 Å². The van der Waals surface area contributed by atoms with E-state index >= 15 is 0 Å². The van der Waals surface area contributed by atoms with Gasteiger partial charge in [0.15, 0.2) is 9.84 Å². The Morgan fingerprint density at radius 2 is 1.91 bits per heavy atom. The molecule has 0 atom stereocenters. The van der Waals surface area contributed by atoms with Crippen LogP contribution in [0.25, 0.3) is 0 Å². The summed E-state index contributed by atoms with van der Waals surface area (Å²) >= 11 is 0. The molecule has 0 aromatic heterocycles. The molecule has 1 saturated heterocycles. The molecule has 1 aliphatic rings. The van der Waals surface area contributed by atoms with Crippen LogP contribution in [-0.4, -0.2) is 45.2 Å². The fourth-order valence-electron chi connectivity index (χ4n) is 2.85. The number of benzene rings is 1. The van der Waals surface area contributed by atoms with E-state index in [1.54, 1.807) is 19.1 Å². The van der Waals surface area contributed by atoms with Crippen molar-refractivity contribution in [3.63, 3.8) is 0 Å². The zero-order valence-electron chi connectivity index (χ0n) is 13.7. The lowest BCUT2D eigenvalue weighted by Crippen LogP contribution is -2.34. The molecule has 124 valence electrons. The molecule has 0 radical (unpaired) electrons. The molecule has 0 saturated carbocycles. The number of piperidine rings is 1. The zero-order valence-corrected chi connectivity index (χ0v) is 14.5. The van der Waals surface area contributed by atoms with E-state index in [2.05, 4.69) is 17.1 Å². The molecule has 1 aromatic rings. The van der Waals surface area contributed by atoms with Crippen molar-refractivity contribution < 1.29 is 8.42 Å². The van der Waals surface area contributed by atoms with E-state index in [4.69, 9.17) is 0 Å². The van der Waals surface area contributed by atoms with E-state index in [1.807, 2.05) is 12.1 Å². The first-order valence-electron chi connectivity index (χ1n) is 8.31. The average Bonchev–Trinajstić information content (AvgIpc) is 2.53. The molecule has 1 aromatic carbocycles. The molecule has 4 nitrogen and oxygen atoms in total. The number of rotatable bonds is 7. The lowest BCUT2D eigenvalue weighted by molar-refractivity contribution is 0.192. The molecule has 22 heavy (non-hydrogen) atoms. The molecule has 2 rings (SSSR count). The smallest absolute Gasteiger partial charge is 0.180 e. The van der Waals surface area contributed by atoms with E-state index < -0.39 is 9.84 Å². The van der Waals surface area contributed by atoms with Crippen molar-refractivity contribution in [3.05, 3.63) is 24.3 Å². The van der Waals surface area contributed by atoms with Crippen molar-refractivity contribution in [2.75, 3.05) is 37.2 Å². The highest BCUT2D eigenvalue weighted by molar-refractivity contribution is 7.91. The van der Waals surface area contributed by atoms with E-state index in [-0.39, 0.29) is 5.75 Å². The van der Waals surface area contributed by atoms with Crippen molar-refractivity contribution in [1.29, 1.82) is 0 Å². The summed E-state index contributed by atoms with van der Waals surface area (Å²) in [7, 11) is -3.17. The van der Waals surface area contributed by atoms with Crippen LogP contribution in [0, 0.1) is 5.92 Å². The summed E-state index contributed by atoms with van der Waals surface area (Å²) in [5.74, 6) is 0.998. The van der Waals surface area contributed by atoms with Crippen LogP contribution in [0.2, 0.25) is 0 Å². The summed E-state index contributed by atoms with van der Waals surface area (Å²) in [5, 5.41) is 3.30. The van der Waals surface area contributed by atoms with Gasteiger partial charge in [-0.25, -0.2) is 8.42 Å². The number of hydrogen-bond donors (Lipinski definition) is 1. The predicted molar refractivity (Wildman–Crippen MR) is 92.1 cm³/mol. The summed E-state index contributed by atoms with van der Waals surface area (Å²) in [5.41, 5.74) is 0.733. The van der Waals surface area contributed by atoms with Gasteiger partial charge in [-0.3, -0.25) is 0 Å². The Balaban J connectivity index is 1.82. The van der Waals surface area contributed by atoms with Crippen LogP contribution < -0.4 is 5.32 Å². The quantitative estimate of drug-likeness (QED) is 0.783. The van der Waals surface area contributed by atoms with Crippen LogP contribution in [0.5, 0.6) is 0 Å². The number of likely N-dealkylation sites (tertiary alicyclic amines) is 1. The summed E-state index contributed by atoms with van der Waals surface area (Å²) in [4.78, 5) is 2.93. The molecular formula is C17H28N2O2S. The minimum Gasteiger partial charge on any atom is -0.384 e. The van der Waals surface area contributed by atoms with Gasteiger partial charge in [0, 0.05) is 6.54 Å². The highest BCUT2D eigenvalue weighted by Gasteiger charge is 2.16. The Morgan fingerprint density at radius 1 is 1.23 bits per heavy atom. The first-order chi connectivity index (χ1) is 10.5. The average molecular weight is 324 g/mol. The molecule has 0 bridgehead atoms. The fraction of sp³-hybridized carbons (Fsp3) is 0.647. The molecule has 0 unspecified atom stereocenters. The molecule has 0 amide bonds. The first kappa shape index (κ1) is 17.3. The molecule has 1 N–H and O–H groups in total. The van der Waals surface area contributed by atoms with E-state index in [0.29, 0.717) is 4.90 Å². The first-order valence-corrected chi connectivity index (χ1v) is 9.96.